The van der Waals surface area contributed by atoms with Crippen molar-refractivity contribution in [1.82, 2.24) is 10.5 Å². The van der Waals surface area contributed by atoms with Gasteiger partial charge in [-0.05, 0) is 38.0 Å². The molecular formula is C16H20N2O4. The van der Waals surface area contributed by atoms with E-state index in [0.717, 1.165) is 16.8 Å². The smallest absolute Gasteiger partial charge is 0.223 e. The number of aromatic nitrogens is 1. The van der Waals surface area contributed by atoms with Crippen LogP contribution in [0.2, 0.25) is 0 Å². The molecule has 1 atom stereocenters. The second kappa shape index (κ2) is 6.51. The van der Waals surface area contributed by atoms with Crippen LogP contribution in [-0.4, -0.2) is 21.3 Å². The number of phenolic OH excluding ortho intramolecular Hbond substituents is 2. The highest BCUT2D eigenvalue weighted by molar-refractivity contribution is 5.78. The number of rotatable bonds is 5. The molecule has 1 amide bonds. The van der Waals surface area contributed by atoms with Gasteiger partial charge in [0.15, 0.2) is 11.5 Å². The number of nitrogens with zero attached hydrogens (tertiary/aromatic N) is 1. The average molecular weight is 304 g/mol. The third-order valence-electron chi connectivity index (χ3n) is 3.65. The Morgan fingerprint density at radius 1 is 1.32 bits per heavy atom. The molecule has 0 radical (unpaired) electrons. The van der Waals surface area contributed by atoms with Gasteiger partial charge in [0.05, 0.1) is 5.69 Å². The highest BCUT2D eigenvalue weighted by atomic mass is 16.5. The first-order valence-electron chi connectivity index (χ1n) is 7.08. The summed E-state index contributed by atoms with van der Waals surface area (Å²) in [5.41, 5.74) is 2.45. The topological polar surface area (TPSA) is 95.6 Å². The summed E-state index contributed by atoms with van der Waals surface area (Å²) in [5.74, 6) is 0.00554. The molecule has 3 N–H and O–H groups in total. The summed E-state index contributed by atoms with van der Waals surface area (Å²) < 4.78 is 5.06. The predicted octanol–water partition coefficient (Wildman–Crippen LogP) is 2.20. The van der Waals surface area contributed by atoms with E-state index in [9.17, 15) is 15.0 Å². The van der Waals surface area contributed by atoms with Crippen molar-refractivity contribution in [3.05, 3.63) is 40.8 Å². The summed E-state index contributed by atoms with van der Waals surface area (Å²) in [4.78, 5) is 12.1. The van der Waals surface area contributed by atoms with Crippen LogP contribution in [-0.2, 0) is 17.8 Å². The Kier molecular flexibility index (Phi) is 4.70. The van der Waals surface area contributed by atoms with Gasteiger partial charge in [0.1, 0.15) is 5.76 Å². The number of carbonyl (C=O) groups is 1. The molecule has 2 rings (SSSR count). The molecule has 0 saturated heterocycles. The summed E-state index contributed by atoms with van der Waals surface area (Å²) in [5, 5.41) is 25.5. The molecule has 22 heavy (non-hydrogen) atoms. The van der Waals surface area contributed by atoms with Crippen molar-refractivity contribution in [3.8, 4) is 11.5 Å². The normalized spacial score (nSPS) is 12.1. The predicted molar refractivity (Wildman–Crippen MR) is 80.5 cm³/mol. The first-order chi connectivity index (χ1) is 10.4. The number of hydrogen-bond acceptors (Lipinski definition) is 5. The molecule has 1 aromatic heterocycles. The molecule has 0 aliphatic rings. The lowest BCUT2D eigenvalue weighted by Crippen LogP contribution is -2.30. The minimum absolute atomic E-state index is 0.0902. The number of benzene rings is 1. The maximum absolute atomic E-state index is 12.1. The molecule has 2 aromatic rings. The molecule has 1 heterocycles. The minimum Gasteiger partial charge on any atom is -0.504 e. The van der Waals surface area contributed by atoms with Gasteiger partial charge in [-0.1, -0.05) is 18.1 Å². The quantitative estimate of drug-likeness (QED) is 0.736. The van der Waals surface area contributed by atoms with E-state index in [-0.39, 0.29) is 23.3 Å². The van der Waals surface area contributed by atoms with Gasteiger partial charge < -0.3 is 20.1 Å². The summed E-state index contributed by atoms with van der Waals surface area (Å²) in [6.07, 6.45) is 0.473. The highest BCUT2D eigenvalue weighted by Gasteiger charge is 2.16. The summed E-state index contributed by atoms with van der Waals surface area (Å²) in [6, 6.07) is 4.57. The summed E-state index contributed by atoms with van der Waals surface area (Å²) in [6.45, 7) is 5.84. The molecule has 0 spiro atoms. The highest BCUT2D eigenvalue weighted by Crippen LogP contribution is 2.26. The van der Waals surface area contributed by atoms with Crippen LogP contribution in [0.5, 0.6) is 11.5 Å². The summed E-state index contributed by atoms with van der Waals surface area (Å²) in [7, 11) is 0. The van der Waals surface area contributed by atoms with Gasteiger partial charge in [-0.2, -0.15) is 0 Å². The Bertz CT molecular complexity index is 659. The van der Waals surface area contributed by atoms with E-state index >= 15 is 0 Å². The fourth-order valence-corrected chi connectivity index (χ4v) is 2.25. The molecule has 0 aliphatic heterocycles. The number of hydrogen-bond donors (Lipinski definition) is 3. The van der Waals surface area contributed by atoms with Crippen molar-refractivity contribution in [2.75, 3.05) is 0 Å². The molecule has 1 unspecified atom stereocenters. The molecular weight excluding hydrogens is 284 g/mol. The zero-order valence-corrected chi connectivity index (χ0v) is 12.9. The second-order valence-electron chi connectivity index (χ2n) is 5.45. The van der Waals surface area contributed by atoms with Gasteiger partial charge in [0.25, 0.3) is 0 Å². The molecule has 118 valence electrons. The van der Waals surface area contributed by atoms with E-state index in [2.05, 4.69) is 10.5 Å². The molecule has 0 aliphatic carbocycles. The lowest BCUT2D eigenvalue weighted by Gasteiger charge is -2.12. The van der Waals surface area contributed by atoms with Gasteiger partial charge in [0.2, 0.25) is 5.91 Å². The number of phenols is 2. The monoisotopic (exact) mass is 304 g/mol. The van der Waals surface area contributed by atoms with E-state index in [1.165, 1.54) is 12.1 Å². The van der Waals surface area contributed by atoms with Gasteiger partial charge >= 0.3 is 0 Å². The van der Waals surface area contributed by atoms with Crippen LogP contribution in [0.4, 0.5) is 0 Å². The number of amides is 1. The maximum Gasteiger partial charge on any atom is 0.223 e. The number of aromatic hydroxyl groups is 2. The van der Waals surface area contributed by atoms with Crippen molar-refractivity contribution >= 4 is 5.91 Å². The fourth-order valence-electron chi connectivity index (χ4n) is 2.25. The molecule has 0 saturated carbocycles. The number of aryl methyl sites for hydroxylation is 2. The Morgan fingerprint density at radius 2 is 2.05 bits per heavy atom. The van der Waals surface area contributed by atoms with Gasteiger partial charge in [0, 0.05) is 18.0 Å². The van der Waals surface area contributed by atoms with Crippen molar-refractivity contribution in [1.29, 1.82) is 0 Å². The van der Waals surface area contributed by atoms with E-state index in [4.69, 9.17) is 4.52 Å². The van der Waals surface area contributed by atoms with Crippen LogP contribution in [0.1, 0.15) is 29.5 Å². The zero-order valence-electron chi connectivity index (χ0n) is 12.9. The number of carbonyl (C=O) groups excluding carboxylic acids is 1. The zero-order chi connectivity index (χ0) is 16.3. The van der Waals surface area contributed by atoms with Crippen LogP contribution in [0.3, 0.4) is 0 Å². The molecule has 6 heteroatoms. The van der Waals surface area contributed by atoms with Crippen molar-refractivity contribution in [2.45, 2.75) is 33.7 Å². The first-order valence-corrected chi connectivity index (χ1v) is 7.08. The van der Waals surface area contributed by atoms with Crippen LogP contribution >= 0.6 is 0 Å². The average Bonchev–Trinajstić information content (AvgIpc) is 2.79. The molecule has 6 nitrogen and oxygen atoms in total. The lowest BCUT2D eigenvalue weighted by atomic mass is 10.00. The van der Waals surface area contributed by atoms with Crippen LogP contribution in [0.25, 0.3) is 0 Å². The Balaban J connectivity index is 1.93. The molecule has 1 aromatic carbocycles. The third kappa shape index (κ3) is 3.58. The van der Waals surface area contributed by atoms with Gasteiger partial charge in [-0.3, -0.25) is 4.79 Å². The minimum atomic E-state index is -0.260. The van der Waals surface area contributed by atoms with Gasteiger partial charge in [-0.25, -0.2) is 0 Å². The standard InChI is InChI=1S/C16H20N2O4/c1-9(6-12-4-5-14(19)15(20)7-12)16(21)17-8-13-10(2)18-22-11(13)3/h4-5,7,9,19-20H,6,8H2,1-3H3,(H,17,21). The van der Waals surface area contributed by atoms with Crippen molar-refractivity contribution in [2.24, 2.45) is 5.92 Å². The van der Waals surface area contributed by atoms with E-state index in [0.29, 0.717) is 18.7 Å². The van der Waals surface area contributed by atoms with Gasteiger partial charge in [-0.15, -0.1) is 0 Å². The van der Waals surface area contributed by atoms with Crippen molar-refractivity contribution in [3.63, 3.8) is 0 Å². The van der Waals surface area contributed by atoms with Crippen LogP contribution in [0.15, 0.2) is 22.7 Å². The third-order valence-corrected chi connectivity index (χ3v) is 3.65. The molecule has 0 bridgehead atoms. The fraction of sp³-hybridized carbons (Fsp3) is 0.375. The second-order valence-corrected chi connectivity index (χ2v) is 5.45. The van der Waals surface area contributed by atoms with E-state index < -0.39 is 0 Å². The molecule has 0 fully saturated rings. The van der Waals surface area contributed by atoms with Crippen LogP contribution < -0.4 is 5.32 Å². The lowest BCUT2D eigenvalue weighted by molar-refractivity contribution is -0.124. The largest absolute Gasteiger partial charge is 0.504 e. The van der Waals surface area contributed by atoms with Crippen molar-refractivity contribution < 1.29 is 19.5 Å². The SMILES string of the molecule is Cc1noc(C)c1CNC(=O)C(C)Cc1ccc(O)c(O)c1. The Morgan fingerprint density at radius 3 is 2.64 bits per heavy atom. The maximum atomic E-state index is 12.1. The van der Waals surface area contributed by atoms with E-state index in [1.54, 1.807) is 6.07 Å². The summed E-state index contributed by atoms with van der Waals surface area (Å²) >= 11 is 0. The Hall–Kier alpha value is -2.50. The number of nitrogens with one attached hydrogen (secondary N) is 1. The van der Waals surface area contributed by atoms with E-state index in [1.807, 2.05) is 20.8 Å². The first kappa shape index (κ1) is 15.9. The van der Waals surface area contributed by atoms with Crippen LogP contribution in [0, 0.1) is 19.8 Å². The Labute approximate surface area is 128 Å².